The number of aliphatic imine (C=N–C) groups is 1. The highest BCUT2D eigenvalue weighted by Gasteiger charge is 2.26. The summed E-state index contributed by atoms with van der Waals surface area (Å²) in [5.74, 6) is 1.36. The Morgan fingerprint density at radius 3 is 2.86 bits per heavy atom. The molecule has 0 radical (unpaired) electrons. The second-order valence-electron chi connectivity index (χ2n) is 7.42. The van der Waals surface area contributed by atoms with E-state index in [0.717, 1.165) is 19.6 Å². The largest absolute Gasteiger partial charge is 0.486 e. The molecule has 0 saturated carbocycles. The third-order valence-electron chi connectivity index (χ3n) is 5.12. The Labute approximate surface area is 170 Å². The normalized spacial score (nSPS) is 25.4. The van der Waals surface area contributed by atoms with Gasteiger partial charge in [-0.2, -0.15) is 8.42 Å². The SMILES string of the molecule is CN1C(N)=NS(=O)(=O)NC1=NCC1COc2ccc(CN3CCCCC3)cc2O1. The summed E-state index contributed by atoms with van der Waals surface area (Å²) in [7, 11) is -2.29. The Morgan fingerprint density at radius 2 is 2.07 bits per heavy atom. The number of hydrogen-bond acceptors (Lipinski definition) is 7. The van der Waals surface area contributed by atoms with Crippen LogP contribution in [0, 0.1) is 0 Å². The first-order valence-electron chi connectivity index (χ1n) is 9.71. The zero-order valence-electron chi connectivity index (χ0n) is 16.4. The molecule has 1 atom stereocenters. The number of rotatable bonds is 4. The van der Waals surface area contributed by atoms with Crippen LogP contribution in [0.4, 0.5) is 0 Å². The number of guanidine groups is 2. The second kappa shape index (κ2) is 8.07. The van der Waals surface area contributed by atoms with E-state index in [4.69, 9.17) is 15.2 Å². The van der Waals surface area contributed by atoms with Crippen LogP contribution in [0.2, 0.25) is 0 Å². The van der Waals surface area contributed by atoms with E-state index in [-0.39, 0.29) is 24.6 Å². The highest BCUT2D eigenvalue weighted by atomic mass is 32.2. The van der Waals surface area contributed by atoms with Crippen LogP contribution in [0.3, 0.4) is 0 Å². The van der Waals surface area contributed by atoms with Gasteiger partial charge in [0.1, 0.15) is 6.61 Å². The number of piperidine rings is 1. The zero-order chi connectivity index (χ0) is 20.4. The molecular weight excluding hydrogens is 396 g/mol. The third-order valence-corrected chi connectivity index (χ3v) is 5.99. The number of ether oxygens (including phenoxy) is 2. The maximum Gasteiger partial charge on any atom is 0.347 e. The van der Waals surface area contributed by atoms with Gasteiger partial charge in [0.05, 0.1) is 6.54 Å². The lowest BCUT2D eigenvalue weighted by atomic mass is 10.1. The summed E-state index contributed by atoms with van der Waals surface area (Å²) >= 11 is 0. The zero-order valence-corrected chi connectivity index (χ0v) is 17.2. The molecule has 1 unspecified atom stereocenters. The molecule has 10 nitrogen and oxygen atoms in total. The van der Waals surface area contributed by atoms with Gasteiger partial charge in [-0.3, -0.25) is 9.80 Å². The molecule has 1 saturated heterocycles. The van der Waals surface area contributed by atoms with Gasteiger partial charge in [0.25, 0.3) is 0 Å². The summed E-state index contributed by atoms with van der Waals surface area (Å²) in [6.45, 7) is 3.70. The van der Waals surface area contributed by atoms with E-state index in [0.29, 0.717) is 18.1 Å². The predicted octanol–water partition coefficient (Wildman–Crippen LogP) is 0.263. The van der Waals surface area contributed by atoms with Gasteiger partial charge in [0.2, 0.25) is 11.9 Å². The van der Waals surface area contributed by atoms with E-state index in [9.17, 15) is 8.42 Å². The first-order chi connectivity index (χ1) is 13.9. The molecule has 158 valence electrons. The van der Waals surface area contributed by atoms with Gasteiger partial charge in [-0.1, -0.05) is 12.5 Å². The predicted molar refractivity (Wildman–Crippen MR) is 109 cm³/mol. The molecule has 3 aliphatic heterocycles. The minimum absolute atomic E-state index is 0.103. The van der Waals surface area contributed by atoms with Crippen molar-refractivity contribution in [1.29, 1.82) is 0 Å². The second-order valence-corrected chi connectivity index (χ2v) is 8.76. The van der Waals surface area contributed by atoms with Crippen LogP contribution in [0.15, 0.2) is 27.6 Å². The third kappa shape index (κ3) is 4.73. The molecule has 0 aliphatic carbocycles. The van der Waals surface area contributed by atoms with Gasteiger partial charge in [-0.05, 0) is 43.6 Å². The molecule has 4 rings (SSSR count). The van der Waals surface area contributed by atoms with Crippen LogP contribution < -0.4 is 19.9 Å². The molecule has 3 heterocycles. The number of likely N-dealkylation sites (tertiary alicyclic amines) is 1. The van der Waals surface area contributed by atoms with Gasteiger partial charge in [-0.15, -0.1) is 4.40 Å². The summed E-state index contributed by atoms with van der Waals surface area (Å²) in [4.78, 5) is 8.13. The number of nitrogens with two attached hydrogens (primary N) is 1. The fraction of sp³-hybridized carbons (Fsp3) is 0.556. The van der Waals surface area contributed by atoms with Crippen molar-refractivity contribution < 1.29 is 17.9 Å². The molecule has 0 amide bonds. The van der Waals surface area contributed by atoms with Crippen LogP contribution in [0.25, 0.3) is 0 Å². The van der Waals surface area contributed by atoms with Crippen molar-refractivity contribution in [1.82, 2.24) is 14.5 Å². The fourth-order valence-electron chi connectivity index (χ4n) is 3.55. The summed E-state index contributed by atoms with van der Waals surface area (Å²) in [5, 5.41) is 0. The van der Waals surface area contributed by atoms with Crippen molar-refractivity contribution in [2.45, 2.75) is 31.9 Å². The molecule has 29 heavy (non-hydrogen) atoms. The van der Waals surface area contributed by atoms with Crippen molar-refractivity contribution in [2.24, 2.45) is 15.1 Å². The average molecular weight is 423 g/mol. The van der Waals surface area contributed by atoms with E-state index in [1.54, 1.807) is 7.05 Å². The van der Waals surface area contributed by atoms with Crippen molar-refractivity contribution in [3.05, 3.63) is 23.8 Å². The van der Waals surface area contributed by atoms with E-state index in [2.05, 4.69) is 25.1 Å². The van der Waals surface area contributed by atoms with E-state index >= 15 is 0 Å². The molecular formula is C18H26N6O4S. The van der Waals surface area contributed by atoms with Crippen LogP contribution >= 0.6 is 0 Å². The highest BCUT2D eigenvalue weighted by Crippen LogP contribution is 2.33. The van der Waals surface area contributed by atoms with Gasteiger partial charge in [-0.25, -0.2) is 9.71 Å². The fourth-order valence-corrected chi connectivity index (χ4v) is 4.40. The molecule has 0 bridgehead atoms. The lowest BCUT2D eigenvalue weighted by Gasteiger charge is -2.29. The Kier molecular flexibility index (Phi) is 5.50. The van der Waals surface area contributed by atoms with Crippen molar-refractivity contribution in [3.63, 3.8) is 0 Å². The minimum Gasteiger partial charge on any atom is -0.486 e. The van der Waals surface area contributed by atoms with Crippen molar-refractivity contribution >= 4 is 22.1 Å². The standard InChI is InChI=1S/C18H26N6O4S/c1-23-17(19)21-29(25,26)22-18(23)20-10-14-12-27-15-6-5-13(9-16(15)28-14)11-24-7-3-2-4-8-24/h5-6,9,14H,2-4,7-8,10-12H2,1H3,(H2,19,21)(H,20,22). The topological polar surface area (TPSA) is 122 Å². The molecule has 1 fully saturated rings. The van der Waals surface area contributed by atoms with Gasteiger partial charge < -0.3 is 15.2 Å². The number of nitrogens with one attached hydrogen (secondary N) is 1. The molecule has 11 heteroatoms. The molecule has 1 aromatic carbocycles. The van der Waals surface area contributed by atoms with E-state index in [1.807, 2.05) is 12.1 Å². The van der Waals surface area contributed by atoms with Gasteiger partial charge in [0.15, 0.2) is 17.6 Å². The maximum absolute atomic E-state index is 11.7. The Bertz CT molecular complexity index is 926. The molecule has 0 aromatic heterocycles. The Morgan fingerprint density at radius 1 is 1.28 bits per heavy atom. The molecule has 3 N–H and O–H groups in total. The quantitative estimate of drug-likeness (QED) is 0.714. The summed E-state index contributed by atoms with van der Waals surface area (Å²) in [5.41, 5.74) is 6.81. The minimum atomic E-state index is -3.87. The summed E-state index contributed by atoms with van der Waals surface area (Å²) in [6, 6.07) is 6.03. The van der Waals surface area contributed by atoms with E-state index in [1.165, 1.54) is 29.7 Å². The van der Waals surface area contributed by atoms with Gasteiger partial charge in [0, 0.05) is 13.6 Å². The average Bonchev–Trinajstić information content (AvgIpc) is 2.70. The van der Waals surface area contributed by atoms with Crippen molar-refractivity contribution in [3.8, 4) is 11.5 Å². The maximum atomic E-state index is 11.7. The van der Waals surface area contributed by atoms with Crippen LogP contribution in [-0.4, -0.2) is 69.5 Å². The smallest absolute Gasteiger partial charge is 0.347 e. The first-order valence-corrected chi connectivity index (χ1v) is 11.1. The lowest BCUT2D eigenvalue weighted by Crippen LogP contribution is -2.52. The number of hydrogen-bond donors (Lipinski definition) is 2. The van der Waals surface area contributed by atoms with Crippen LogP contribution in [-0.2, 0) is 16.8 Å². The number of fused-ring (bicyclic) bond motifs is 1. The van der Waals surface area contributed by atoms with Crippen molar-refractivity contribution in [2.75, 3.05) is 33.3 Å². The van der Waals surface area contributed by atoms with E-state index < -0.39 is 10.2 Å². The number of benzene rings is 1. The Hall–Kier alpha value is -2.53. The first kappa shape index (κ1) is 19.8. The monoisotopic (exact) mass is 422 g/mol. The highest BCUT2D eigenvalue weighted by molar-refractivity contribution is 7.89. The molecule has 3 aliphatic rings. The van der Waals surface area contributed by atoms with Crippen LogP contribution in [0.5, 0.6) is 11.5 Å². The van der Waals surface area contributed by atoms with Crippen LogP contribution in [0.1, 0.15) is 24.8 Å². The molecule has 0 spiro atoms. The summed E-state index contributed by atoms with van der Waals surface area (Å²) < 4.78 is 40.9. The summed E-state index contributed by atoms with van der Waals surface area (Å²) in [6.07, 6.45) is 3.48. The Balaban J connectivity index is 1.41. The lowest BCUT2D eigenvalue weighted by molar-refractivity contribution is 0.0967. The number of nitrogens with zero attached hydrogens (tertiary/aromatic N) is 4. The van der Waals surface area contributed by atoms with Gasteiger partial charge >= 0.3 is 10.2 Å². The molecule has 1 aromatic rings.